The van der Waals surface area contributed by atoms with E-state index in [1.165, 1.54) is 12.1 Å². The van der Waals surface area contributed by atoms with Gasteiger partial charge in [0.1, 0.15) is 11.6 Å². The largest absolute Gasteiger partial charge is 0.493 e. The first-order chi connectivity index (χ1) is 6.69. The summed E-state index contributed by atoms with van der Waals surface area (Å²) in [6.45, 7) is 5.57. The smallest absolute Gasteiger partial charge is 0.189 e. The van der Waals surface area contributed by atoms with Gasteiger partial charge in [0.2, 0.25) is 0 Å². The van der Waals surface area contributed by atoms with E-state index in [1.807, 2.05) is 0 Å². The molecule has 0 saturated carbocycles. The van der Waals surface area contributed by atoms with Gasteiger partial charge in [0.25, 0.3) is 0 Å². The van der Waals surface area contributed by atoms with Gasteiger partial charge in [-0.3, -0.25) is 4.79 Å². The standard InChI is InChI=1S/C11H11FO2/c1-3-10(13)9-7-8(12)5-6-11(9)14-4-2/h3,5-7H,1,4H2,2H3. The average molecular weight is 194 g/mol. The number of ether oxygens (including phenoxy) is 1. The highest BCUT2D eigenvalue weighted by atomic mass is 19.1. The molecule has 2 nitrogen and oxygen atoms in total. The minimum Gasteiger partial charge on any atom is -0.493 e. The van der Waals surface area contributed by atoms with Crippen molar-refractivity contribution in [3.05, 3.63) is 42.2 Å². The van der Waals surface area contributed by atoms with Crippen molar-refractivity contribution in [1.82, 2.24) is 0 Å². The molecule has 1 aromatic rings. The molecular formula is C11H11FO2. The van der Waals surface area contributed by atoms with E-state index < -0.39 is 5.82 Å². The van der Waals surface area contributed by atoms with Gasteiger partial charge in [-0.2, -0.15) is 0 Å². The van der Waals surface area contributed by atoms with Gasteiger partial charge in [-0.05, 0) is 31.2 Å². The van der Waals surface area contributed by atoms with Gasteiger partial charge >= 0.3 is 0 Å². The molecule has 0 aromatic heterocycles. The summed E-state index contributed by atoms with van der Waals surface area (Å²) in [5.74, 6) is -0.412. The van der Waals surface area contributed by atoms with E-state index in [-0.39, 0.29) is 11.3 Å². The zero-order chi connectivity index (χ0) is 10.6. The van der Waals surface area contributed by atoms with Crippen LogP contribution in [0.15, 0.2) is 30.9 Å². The highest BCUT2D eigenvalue weighted by Crippen LogP contribution is 2.20. The Bertz CT molecular complexity index is 358. The maximum atomic E-state index is 12.8. The topological polar surface area (TPSA) is 26.3 Å². The van der Waals surface area contributed by atoms with Crippen molar-refractivity contribution in [3.63, 3.8) is 0 Å². The fourth-order valence-electron chi connectivity index (χ4n) is 1.09. The van der Waals surface area contributed by atoms with E-state index in [0.29, 0.717) is 12.4 Å². The fraction of sp³-hybridized carbons (Fsp3) is 0.182. The summed E-state index contributed by atoms with van der Waals surface area (Å²) >= 11 is 0. The predicted molar refractivity (Wildman–Crippen MR) is 52.1 cm³/mol. The molecule has 0 saturated heterocycles. The normalized spacial score (nSPS) is 9.57. The molecule has 14 heavy (non-hydrogen) atoms. The summed E-state index contributed by atoms with van der Waals surface area (Å²) in [6, 6.07) is 3.84. The van der Waals surface area contributed by atoms with Crippen molar-refractivity contribution < 1.29 is 13.9 Å². The number of allylic oxidation sites excluding steroid dienone is 1. The molecule has 74 valence electrons. The third-order valence-corrected chi connectivity index (χ3v) is 1.69. The monoisotopic (exact) mass is 194 g/mol. The number of rotatable bonds is 4. The SMILES string of the molecule is C=CC(=O)c1cc(F)ccc1OCC. The Morgan fingerprint density at radius 2 is 2.36 bits per heavy atom. The lowest BCUT2D eigenvalue weighted by atomic mass is 10.1. The van der Waals surface area contributed by atoms with Crippen molar-refractivity contribution in [1.29, 1.82) is 0 Å². The van der Waals surface area contributed by atoms with Gasteiger partial charge in [0.05, 0.1) is 12.2 Å². The zero-order valence-corrected chi connectivity index (χ0v) is 7.92. The van der Waals surface area contributed by atoms with Crippen LogP contribution in [0.25, 0.3) is 0 Å². The molecule has 1 rings (SSSR count). The van der Waals surface area contributed by atoms with E-state index >= 15 is 0 Å². The second-order valence-electron chi connectivity index (χ2n) is 2.64. The van der Waals surface area contributed by atoms with Crippen molar-refractivity contribution in [2.45, 2.75) is 6.92 Å². The molecule has 0 heterocycles. The Morgan fingerprint density at radius 1 is 1.64 bits per heavy atom. The van der Waals surface area contributed by atoms with Crippen LogP contribution >= 0.6 is 0 Å². The molecule has 0 fully saturated rings. The van der Waals surface area contributed by atoms with Crippen molar-refractivity contribution in [2.75, 3.05) is 6.61 Å². The van der Waals surface area contributed by atoms with Gasteiger partial charge in [0, 0.05) is 0 Å². The summed E-state index contributed by atoms with van der Waals surface area (Å²) in [4.78, 5) is 11.3. The maximum absolute atomic E-state index is 12.8. The third kappa shape index (κ3) is 2.19. The summed E-state index contributed by atoms with van der Waals surface area (Å²) in [5, 5.41) is 0. The number of carbonyl (C=O) groups is 1. The lowest BCUT2D eigenvalue weighted by Gasteiger charge is -2.07. The molecule has 0 spiro atoms. The van der Waals surface area contributed by atoms with Crippen LogP contribution in [0.4, 0.5) is 4.39 Å². The number of benzene rings is 1. The second-order valence-corrected chi connectivity index (χ2v) is 2.64. The van der Waals surface area contributed by atoms with E-state index in [1.54, 1.807) is 6.92 Å². The Labute approximate surface area is 82.0 Å². The molecule has 0 radical (unpaired) electrons. The first-order valence-corrected chi connectivity index (χ1v) is 4.28. The average Bonchev–Trinajstić information content (AvgIpc) is 2.20. The number of hydrogen-bond acceptors (Lipinski definition) is 2. The molecule has 0 bridgehead atoms. The van der Waals surface area contributed by atoms with Crippen LogP contribution in [0.1, 0.15) is 17.3 Å². The van der Waals surface area contributed by atoms with Crippen molar-refractivity contribution in [2.24, 2.45) is 0 Å². The van der Waals surface area contributed by atoms with Crippen LogP contribution in [0.2, 0.25) is 0 Å². The van der Waals surface area contributed by atoms with Crippen LogP contribution in [-0.4, -0.2) is 12.4 Å². The first-order valence-electron chi connectivity index (χ1n) is 4.28. The molecule has 0 atom stereocenters. The minimum atomic E-state index is -0.460. The zero-order valence-electron chi connectivity index (χ0n) is 7.92. The van der Waals surface area contributed by atoms with E-state index in [4.69, 9.17) is 4.74 Å². The third-order valence-electron chi connectivity index (χ3n) is 1.69. The van der Waals surface area contributed by atoms with Crippen molar-refractivity contribution in [3.8, 4) is 5.75 Å². The quantitative estimate of drug-likeness (QED) is 0.544. The molecule has 3 heteroatoms. The Morgan fingerprint density at radius 3 is 2.93 bits per heavy atom. The molecule has 0 amide bonds. The van der Waals surface area contributed by atoms with E-state index in [0.717, 1.165) is 12.1 Å². The highest BCUT2D eigenvalue weighted by Gasteiger charge is 2.10. The van der Waals surface area contributed by atoms with Crippen LogP contribution < -0.4 is 4.74 Å². The molecule has 1 aromatic carbocycles. The van der Waals surface area contributed by atoms with Gasteiger partial charge < -0.3 is 4.74 Å². The van der Waals surface area contributed by atoms with Crippen LogP contribution in [0, 0.1) is 5.82 Å². The van der Waals surface area contributed by atoms with Crippen LogP contribution in [0.5, 0.6) is 5.75 Å². The van der Waals surface area contributed by atoms with Crippen LogP contribution in [-0.2, 0) is 0 Å². The lowest BCUT2D eigenvalue weighted by Crippen LogP contribution is -2.01. The summed E-state index contributed by atoms with van der Waals surface area (Å²) in [5.41, 5.74) is 0.210. The van der Waals surface area contributed by atoms with Gasteiger partial charge in [-0.25, -0.2) is 4.39 Å². The Hall–Kier alpha value is -1.64. The first kappa shape index (κ1) is 10.4. The summed E-state index contributed by atoms with van der Waals surface area (Å²) in [7, 11) is 0. The molecule has 0 unspecified atom stereocenters. The van der Waals surface area contributed by atoms with Gasteiger partial charge in [0.15, 0.2) is 5.78 Å². The molecule has 0 aliphatic heterocycles. The summed E-state index contributed by atoms with van der Waals surface area (Å²) in [6.07, 6.45) is 1.14. The summed E-state index contributed by atoms with van der Waals surface area (Å²) < 4.78 is 18.0. The molecule has 0 aliphatic carbocycles. The lowest BCUT2D eigenvalue weighted by molar-refractivity contribution is 0.104. The molecule has 0 aliphatic rings. The predicted octanol–water partition coefficient (Wildman–Crippen LogP) is 2.59. The van der Waals surface area contributed by atoms with Crippen molar-refractivity contribution >= 4 is 5.78 Å². The molecule has 0 N–H and O–H groups in total. The van der Waals surface area contributed by atoms with Gasteiger partial charge in [-0.1, -0.05) is 6.58 Å². The number of ketones is 1. The highest BCUT2D eigenvalue weighted by molar-refractivity contribution is 6.06. The number of carbonyl (C=O) groups excluding carboxylic acids is 1. The minimum absolute atomic E-state index is 0.210. The second kappa shape index (κ2) is 4.56. The van der Waals surface area contributed by atoms with Gasteiger partial charge in [-0.15, -0.1) is 0 Å². The fourth-order valence-corrected chi connectivity index (χ4v) is 1.09. The Kier molecular flexibility index (Phi) is 3.40. The van der Waals surface area contributed by atoms with E-state index in [2.05, 4.69) is 6.58 Å². The van der Waals surface area contributed by atoms with Crippen LogP contribution in [0.3, 0.4) is 0 Å². The molecular weight excluding hydrogens is 183 g/mol. The maximum Gasteiger partial charge on any atom is 0.189 e. The van der Waals surface area contributed by atoms with E-state index in [9.17, 15) is 9.18 Å². The Balaban J connectivity index is 3.14. The number of halogens is 1. The number of hydrogen-bond donors (Lipinski definition) is 0.